The Kier molecular flexibility index (Phi) is 6.82. The number of methoxy groups -OCH3 is 1. The molecule has 0 bridgehead atoms. The molecule has 0 aliphatic carbocycles. The molecule has 1 unspecified atom stereocenters. The predicted molar refractivity (Wildman–Crippen MR) is 108 cm³/mol. The Labute approximate surface area is 165 Å². The third kappa shape index (κ3) is 4.78. The van der Waals surface area contributed by atoms with Gasteiger partial charge in [-0.05, 0) is 37.1 Å². The van der Waals surface area contributed by atoms with Gasteiger partial charge in [-0.15, -0.1) is 0 Å². The van der Waals surface area contributed by atoms with E-state index in [9.17, 15) is 4.79 Å². The molecule has 1 aliphatic rings. The number of aromatic nitrogens is 1. The molecular formula is C21H25N5O2. The molecule has 1 amide bonds. The number of carbonyl (C=O) groups is 1. The first-order valence-corrected chi connectivity index (χ1v) is 9.47. The Balaban J connectivity index is 1.47. The molecule has 7 heteroatoms. The monoisotopic (exact) mass is 379 g/mol. The molecule has 1 atom stereocenters. The highest BCUT2D eigenvalue weighted by Crippen LogP contribution is 2.28. The fourth-order valence-corrected chi connectivity index (χ4v) is 3.31. The Morgan fingerprint density at radius 2 is 2.14 bits per heavy atom. The first-order valence-electron chi connectivity index (χ1n) is 9.47. The maximum absolute atomic E-state index is 12.2. The summed E-state index contributed by atoms with van der Waals surface area (Å²) in [5.74, 6) is 1.53. The molecule has 1 saturated heterocycles. The number of anilines is 1. The van der Waals surface area contributed by atoms with Crippen molar-refractivity contribution in [3.63, 3.8) is 0 Å². The van der Waals surface area contributed by atoms with E-state index in [1.54, 1.807) is 12.0 Å². The molecule has 146 valence electrons. The van der Waals surface area contributed by atoms with Crippen molar-refractivity contribution >= 4 is 11.7 Å². The zero-order valence-electron chi connectivity index (χ0n) is 16.0. The third-order valence-electron chi connectivity index (χ3n) is 4.74. The average Bonchev–Trinajstić information content (AvgIpc) is 3.22. The summed E-state index contributed by atoms with van der Waals surface area (Å²) in [5.41, 5.74) is 1.78. The molecule has 28 heavy (non-hydrogen) atoms. The minimum Gasteiger partial charge on any atom is -0.496 e. The van der Waals surface area contributed by atoms with Crippen LogP contribution < -0.4 is 15.4 Å². The van der Waals surface area contributed by atoms with E-state index < -0.39 is 0 Å². The molecule has 1 aliphatic heterocycles. The first kappa shape index (κ1) is 19.6. The van der Waals surface area contributed by atoms with Crippen molar-refractivity contribution in [1.29, 1.82) is 5.26 Å². The normalized spacial score (nSPS) is 15.9. The second-order valence-corrected chi connectivity index (χ2v) is 6.59. The van der Waals surface area contributed by atoms with Crippen LogP contribution in [0.15, 0.2) is 42.5 Å². The highest BCUT2D eigenvalue weighted by atomic mass is 16.5. The van der Waals surface area contributed by atoms with E-state index in [0.717, 1.165) is 35.7 Å². The number of amides is 1. The highest BCUT2D eigenvalue weighted by molar-refractivity contribution is 5.79. The SMILES string of the molecule is COc1ccccc1-c1cccc(NCCNCC(=O)N2CCCC2C#N)n1. The molecule has 3 rings (SSSR count). The van der Waals surface area contributed by atoms with Gasteiger partial charge in [0.15, 0.2) is 0 Å². The fourth-order valence-electron chi connectivity index (χ4n) is 3.31. The van der Waals surface area contributed by atoms with Gasteiger partial charge in [-0.25, -0.2) is 4.98 Å². The van der Waals surface area contributed by atoms with Crippen LogP contribution in [0.2, 0.25) is 0 Å². The number of hydrogen-bond acceptors (Lipinski definition) is 6. The average molecular weight is 379 g/mol. The van der Waals surface area contributed by atoms with Gasteiger partial charge < -0.3 is 20.3 Å². The van der Waals surface area contributed by atoms with Gasteiger partial charge in [-0.2, -0.15) is 5.26 Å². The lowest BCUT2D eigenvalue weighted by atomic mass is 10.1. The van der Waals surface area contributed by atoms with E-state index in [-0.39, 0.29) is 18.5 Å². The minimum atomic E-state index is -0.269. The van der Waals surface area contributed by atoms with Gasteiger partial charge in [-0.1, -0.05) is 18.2 Å². The zero-order chi connectivity index (χ0) is 19.8. The van der Waals surface area contributed by atoms with Crippen LogP contribution in [0.3, 0.4) is 0 Å². The molecule has 2 heterocycles. The largest absolute Gasteiger partial charge is 0.496 e. The number of nitrogens with zero attached hydrogens (tertiary/aromatic N) is 3. The maximum atomic E-state index is 12.2. The summed E-state index contributed by atoms with van der Waals surface area (Å²) < 4.78 is 5.41. The maximum Gasteiger partial charge on any atom is 0.237 e. The standard InChI is InChI=1S/C21H25N5O2/c1-28-19-9-3-2-7-17(19)18-8-4-10-20(25-18)24-12-11-23-15-21(27)26-13-5-6-16(26)14-22/h2-4,7-10,16,23H,5-6,11-13,15H2,1H3,(H,24,25). The number of ether oxygens (including phenoxy) is 1. The van der Waals surface area contributed by atoms with Crippen molar-refractivity contribution in [2.45, 2.75) is 18.9 Å². The van der Waals surface area contributed by atoms with E-state index in [1.807, 2.05) is 42.5 Å². The molecule has 1 aromatic heterocycles. The summed E-state index contributed by atoms with van der Waals surface area (Å²) in [6.07, 6.45) is 1.68. The topological polar surface area (TPSA) is 90.3 Å². The molecule has 2 N–H and O–H groups in total. The van der Waals surface area contributed by atoms with Crippen molar-refractivity contribution in [3.8, 4) is 23.1 Å². The van der Waals surface area contributed by atoms with Crippen LogP contribution in [0.25, 0.3) is 11.3 Å². The number of nitriles is 1. The zero-order valence-corrected chi connectivity index (χ0v) is 16.0. The van der Waals surface area contributed by atoms with Crippen molar-refractivity contribution in [2.24, 2.45) is 0 Å². The molecule has 7 nitrogen and oxygen atoms in total. The second kappa shape index (κ2) is 9.72. The van der Waals surface area contributed by atoms with Crippen LogP contribution in [0.4, 0.5) is 5.82 Å². The van der Waals surface area contributed by atoms with Gasteiger partial charge in [0.05, 0.1) is 25.4 Å². The van der Waals surface area contributed by atoms with E-state index in [4.69, 9.17) is 10.00 Å². The van der Waals surface area contributed by atoms with Crippen LogP contribution in [0, 0.1) is 11.3 Å². The van der Waals surface area contributed by atoms with Gasteiger partial charge in [0.2, 0.25) is 5.91 Å². The Bertz CT molecular complexity index is 849. The second-order valence-electron chi connectivity index (χ2n) is 6.59. The number of likely N-dealkylation sites (tertiary alicyclic amines) is 1. The first-order chi connectivity index (χ1) is 13.7. The Morgan fingerprint density at radius 1 is 1.29 bits per heavy atom. The highest BCUT2D eigenvalue weighted by Gasteiger charge is 2.27. The molecule has 1 fully saturated rings. The Hall–Kier alpha value is -3.11. The quantitative estimate of drug-likeness (QED) is 0.684. The molecular weight excluding hydrogens is 354 g/mol. The number of para-hydroxylation sites is 1. The summed E-state index contributed by atoms with van der Waals surface area (Å²) in [6.45, 7) is 2.18. The number of hydrogen-bond donors (Lipinski definition) is 2. The number of nitrogens with one attached hydrogen (secondary N) is 2. The summed E-state index contributed by atoms with van der Waals surface area (Å²) in [4.78, 5) is 18.5. The lowest BCUT2D eigenvalue weighted by Gasteiger charge is -2.19. The number of benzene rings is 1. The van der Waals surface area contributed by atoms with E-state index >= 15 is 0 Å². The summed E-state index contributed by atoms with van der Waals surface area (Å²) in [7, 11) is 1.65. The fraction of sp³-hybridized carbons (Fsp3) is 0.381. The lowest BCUT2D eigenvalue weighted by Crippen LogP contribution is -2.41. The van der Waals surface area contributed by atoms with Crippen LogP contribution in [-0.4, -0.2) is 55.1 Å². The molecule has 0 spiro atoms. The van der Waals surface area contributed by atoms with Gasteiger partial charge >= 0.3 is 0 Å². The van der Waals surface area contributed by atoms with Gasteiger partial charge in [-0.3, -0.25) is 4.79 Å². The predicted octanol–water partition coefficient (Wildman–Crippen LogP) is 2.27. The molecule has 0 radical (unpaired) electrons. The van der Waals surface area contributed by atoms with Gasteiger partial charge in [0.1, 0.15) is 17.6 Å². The van der Waals surface area contributed by atoms with Crippen LogP contribution in [0.1, 0.15) is 12.8 Å². The van der Waals surface area contributed by atoms with Gasteiger partial charge in [0.25, 0.3) is 0 Å². The van der Waals surface area contributed by atoms with Gasteiger partial charge in [0, 0.05) is 25.2 Å². The summed E-state index contributed by atoms with van der Waals surface area (Å²) in [5, 5.41) is 15.5. The number of rotatable bonds is 8. The van der Waals surface area contributed by atoms with Crippen LogP contribution >= 0.6 is 0 Å². The van der Waals surface area contributed by atoms with Crippen LogP contribution in [0.5, 0.6) is 5.75 Å². The number of carbonyl (C=O) groups excluding carboxylic acids is 1. The van der Waals surface area contributed by atoms with Crippen molar-refractivity contribution in [2.75, 3.05) is 38.6 Å². The molecule has 0 saturated carbocycles. The van der Waals surface area contributed by atoms with E-state index in [2.05, 4.69) is 21.7 Å². The van der Waals surface area contributed by atoms with Crippen molar-refractivity contribution in [3.05, 3.63) is 42.5 Å². The van der Waals surface area contributed by atoms with E-state index in [1.165, 1.54) is 0 Å². The minimum absolute atomic E-state index is 0.0136. The molecule has 2 aromatic rings. The van der Waals surface area contributed by atoms with Crippen LogP contribution in [-0.2, 0) is 4.79 Å². The van der Waals surface area contributed by atoms with E-state index in [0.29, 0.717) is 19.6 Å². The summed E-state index contributed by atoms with van der Waals surface area (Å²) in [6, 6.07) is 15.5. The van der Waals surface area contributed by atoms with Crippen molar-refractivity contribution in [1.82, 2.24) is 15.2 Å². The lowest BCUT2D eigenvalue weighted by molar-refractivity contribution is -0.130. The number of pyridine rings is 1. The molecule has 1 aromatic carbocycles. The Morgan fingerprint density at radius 3 is 2.96 bits per heavy atom. The van der Waals surface area contributed by atoms with Crippen molar-refractivity contribution < 1.29 is 9.53 Å². The summed E-state index contributed by atoms with van der Waals surface area (Å²) >= 11 is 0. The third-order valence-corrected chi connectivity index (χ3v) is 4.74. The smallest absolute Gasteiger partial charge is 0.237 e.